The van der Waals surface area contributed by atoms with Crippen LogP contribution in [0.5, 0.6) is 0 Å². The van der Waals surface area contributed by atoms with Crippen molar-refractivity contribution in [3.8, 4) is 0 Å². The van der Waals surface area contributed by atoms with Gasteiger partial charge in [-0.05, 0) is 32.3 Å². The van der Waals surface area contributed by atoms with Gasteiger partial charge in [-0.1, -0.05) is 17.7 Å². The summed E-state index contributed by atoms with van der Waals surface area (Å²) in [7, 11) is 3.87. The van der Waals surface area contributed by atoms with Crippen LogP contribution in [-0.2, 0) is 6.54 Å². The van der Waals surface area contributed by atoms with E-state index in [4.69, 9.17) is 17.3 Å². The number of hydrogen-bond donors (Lipinski definition) is 2. The predicted octanol–water partition coefficient (Wildman–Crippen LogP) is 1.78. The van der Waals surface area contributed by atoms with E-state index in [9.17, 15) is 4.79 Å². The molecule has 0 spiro atoms. The molecule has 0 unspecified atom stereocenters. The average Bonchev–Trinajstić information content (AvgIpc) is 2.43. The molecule has 7 heteroatoms. The Balaban J connectivity index is 2.22. The molecule has 0 amide bonds. The molecule has 3 N–H and O–H groups in total. The standard InChI is InChI=1S/C14H18ClN5O/c1-19(2)6-7-20-14(21)13(15)12(9-17-20)18-11-5-3-4-10(16)8-11/h3-5,8-9,18H,6-7,16H2,1-2H3. The second-order valence-electron chi connectivity index (χ2n) is 4.95. The van der Waals surface area contributed by atoms with Crippen molar-refractivity contribution in [2.24, 2.45) is 0 Å². The van der Waals surface area contributed by atoms with Gasteiger partial charge in [0.15, 0.2) is 0 Å². The highest BCUT2D eigenvalue weighted by atomic mass is 35.5. The molecule has 0 saturated heterocycles. The number of hydrogen-bond acceptors (Lipinski definition) is 5. The number of nitrogens with one attached hydrogen (secondary N) is 1. The number of nitrogen functional groups attached to an aromatic ring is 1. The highest BCUT2D eigenvalue weighted by Crippen LogP contribution is 2.22. The summed E-state index contributed by atoms with van der Waals surface area (Å²) < 4.78 is 1.35. The molecule has 21 heavy (non-hydrogen) atoms. The monoisotopic (exact) mass is 307 g/mol. The SMILES string of the molecule is CN(C)CCn1ncc(Nc2cccc(N)c2)c(Cl)c1=O. The van der Waals surface area contributed by atoms with Crippen LogP contribution in [0.15, 0.2) is 35.3 Å². The minimum absolute atomic E-state index is 0.117. The van der Waals surface area contributed by atoms with Crippen LogP contribution >= 0.6 is 11.6 Å². The van der Waals surface area contributed by atoms with Gasteiger partial charge in [0.1, 0.15) is 5.02 Å². The average molecular weight is 308 g/mol. The third kappa shape index (κ3) is 3.96. The van der Waals surface area contributed by atoms with E-state index in [0.717, 1.165) is 5.69 Å². The summed E-state index contributed by atoms with van der Waals surface area (Å²) in [6.07, 6.45) is 1.54. The van der Waals surface area contributed by atoms with E-state index < -0.39 is 0 Å². The quantitative estimate of drug-likeness (QED) is 0.824. The molecular weight excluding hydrogens is 290 g/mol. The zero-order valence-electron chi connectivity index (χ0n) is 12.0. The summed E-state index contributed by atoms with van der Waals surface area (Å²) in [5.74, 6) is 0. The number of rotatable bonds is 5. The number of halogens is 1. The molecule has 0 aliphatic rings. The second-order valence-corrected chi connectivity index (χ2v) is 5.33. The fourth-order valence-corrected chi connectivity index (χ4v) is 1.97. The van der Waals surface area contributed by atoms with Gasteiger partial charge in [-0.15, -0.1) is 0 Å². The van der Waals surface area contributed by atoms with Gasteiger partial charge in [-0.2, -0.15) is 5.10 Å². The Morgan fingerprint density at radius 3 is 2.86 bits per heavy atom. The van der Waals surface area contributed by atoms with E-state index in [1.807, 2.05) is 31.1 Å². The number of nitrogens with two attached hydrogens (primary N) is 1. The van der Waals surface area contributed by atoms with Crippen molar-refractivity contribution in [1.82, 2.24) is 14.7 Å². The van der Waals surface area contributed by atoms with E-state index in [0.29, 0.717) is 24.5 Å². The minimum Gasteiger partial charge on any atom is -0.399 e. The Labute approximate surface area is 128 Å². The van der Waals surface area contributed by atoms with Crippen molar-refractivity contribution in [2.45, 2.75) is 6.54 Å². The first kappa shape index (κ1) is 15.3. The van der Waals surface area contributed by atoms with Crippen LogP contribution in [0, 0.1) is 0 Å². The minimum atomic E-state index is -0.313. The molecule has 0 atom stereocenters. The van der Waals surface area contributed by atoms with E-state index in [1.165, 1.54) is 4.68 Å². The van der Waals surface area contributed by atoms with E-state index >= 15 is 0 Å². The molecule has 0 aliphatic carbocycles. The van der Waals surface area contributed by atoms with Crippen molar-refractivity contribution in [3.05, 3.63) is 45.8 Å². The summed E-state index contributed by atoms with van der Waals surface area (Å²) in [4.78, 5) is 14.1. The number of nitrogens with zero attached hydrogens (tertiary/aromatic N) is 3. The first-order chi connectivity index (χ1) is 9.97. The Morgan fingerprint density at radius 2 is 2.19 bits per heavy atom. The molecule has 1 aromatic carbocycles. The summed E-state index contributed by atoms with van der Waals surface area (Å²) in [6, 6.07) is 7.19. The van der Waals surface area contributed by atoms with Crippen LogP contribution in [0.3, 0.4) is 0 Å². The predicted molar refractivity (Wildman–Crippen MR) is 86.2 cm³/mol. The molecule has 2 rings (SSSR count). The molecule has 0 radical (unpaired) electrons. The van der Waals surface area contributed by atoms with Gasteiger partial charge >= 0.3 is 0 Å². The topological polar surface area (TPSA) is 76.2 Å². The number of aromatic nitrogens is 2. The maximum atomic E-state index is 12.1. The van der Waals surface area contributed by atoms with Crippen LogP contribution in [0.25, 0.3) is 0 Å². The van der Waals surface area contributed by atoms with E-state index in [1.54, 1.807) is 18.3 Å². The zero-order valence-corrected chi connectivity index (χ0v) is 12.8. The summed E-state index contributed by atoms with van der Waals surface area (Å²) in [5.41, 5.74) is 7.25. The van der Waals surface area contributed by atoms with Gasteiger partial charge in [-0.3, -0.25) is 4.79 Å². The fraction of sp³-hybridized carbons (Fsp3) is 0.286. The van der Waals surface area contributed by atoms with Crippen molar-refractivity contribution in [1.29, 1.82) is 0 Å². The van der Waals surface area contributed by atoms with Crippen LogP contribution in [0.2, 0.25) is 5.02 Å². The summed E-state index contributed by atoms with van der Waals surface area (Å²) >= 11 is 6.12. The zero-order chi connectivity index (χ0) is 15.4. The van der Waals surface area contributed by atoms with Gasteiger partial charge < -0.3 is 16.0 Å². The van der Waals surface area contributed by atoms with Crippen LogP contribution in [0.4, 0.5) is 17.1 Å². The van der Waals surface area contributed by atoms with Gasteiger partial charge in [0.05, 0.1) is 18.4 Å². The molecule has 0 saturated carbocycles. The van der Waals surface area contributed by atoms with Gasteiger partial charge in [-0.25, -0.2) is 4.68 Å². The number of likely N-dealkylation sites (N-methyl/N-ethyl adjacent to an activating group) is 1. The van der Waals surface area contributed by atoms with Crippen molar-refractivity contribution >= 4 is 28.7 Å². The van der Waals surface area contributed by atoms with Gasteiger partial charge in [0.25, 0.3) is 5.56 Å². The molecule has 1 aromatic heterocycles. The van der Waals surface area contributed by atoms with Crippen LogP contribution in [-0.4, -0.2) is 35.3 Å². The highest BCUT2D eigenvalue weighted by Gasteiger charge is 2.09. The lowest BCUT2D eigenvalue weighted by Gasteiger charge is -2.12. The lowest BCUT2D eigenvalue weighted by Crippen LogP contribution is -2.29. The Morgan fingerprint density at radius 1 is 1.43 bits per heavy atom. The second kappa shape index (κ2) is 6.60. The molecule has 0 fully saturated rings. The summed E-state index contributed by atoms with van der Waals surface area (Å²) in [5, 5.41) is 7.29. The smallest absolute Gasteiger partial charge is 0.287 e. The molecule has 112 valence electrons. The Bertz CT molecular complexity index is 683. The number of anilines is 3. The summed E-state index contributed by atoms with van der Waals surface area (Å²) in [6.45, 7) is 1.20. The Hall–Kier alpha value is -2.05. The van der Waals surface area contributed by atoms with Crippen molar-refractivity contribution in [2.75, 3.05) is 31.7 Å². The first-order valence-corrected chi connectivity index (χ1v) is 6.88. The molecule has 1 heterocycles. The Kier molecular flexibility index (Phi) is 4.82. The molecule has 6 nitrogen and oxygen atoms in total. The van der Waals surface area contributed by atoms with E-state index in [2.05, 4.69) is 10.4 Å². The fourth-order valence-electron chi connectivity index (χ4n) is 1.78. The normalized spacial score (nSPS) is 10.9. The van der Waals surface area contributed by atoms with Crippen molar-refractivity contribution in [3.63, 3.8) is 0 Å². The van der Waals surface area contributed by atoms with Gasteiger partial charge in [0, 0.05) is 17.9 Å². The first-order valence-electron chi connectivity index (χ1n) is 6.50. The van der Waals surface area contributed by atoms with Crippen LogP contribution in [0.1, 0.15) is 0 Å². The lowest BCUT2D eigenvalue weighted by atomic mass is 10.3. The van der Waals surface area contributed by atoms with E-state index in [-0.39, 0.29) is 10.6 Å². The maximum Gasteiger partial charge on any atom is 0.287 e. The lowest BCUT2D eigenvalue weighted by molar-refractivity contribution is 0.367. The highest BCUT2D eigenvalue weighted by molar-refractivity contribution is 6.33. The third-order valence-corrected chi connectivity index (χ3v) is 3.27. The molecule has 2 aromatic rings. The molecular formula is C14H18ClN5O. The van der Waals surface area contributed by atoms with Gasteiger partial charge in [0.2, 0.25) is 0 Å². The van der Waals surface area contributed by atoms with Crippen molar-refractivity contribution < 1.29 is 0 Å². The number of benzene rings is 1. The molecule has 0 aliphatic heterocycles. The van der Waals surface area contributed by atoms with Crippen LogP contribution < -0.4 is 16.6 Å². The third-order valence-electron chi connectivity index (χ3n) is 2.91. The largest absolute Gasteiger partial charge is 0.399 e. The maximum absolute atomic E-state index is 12.1. The molecule has 0 bridgehead atoms.